The van der Waals surface area contributed by atoms with E-state index in [0.29, 0.717) is 17.8 Å². The molecule has 194 valence electrons. The van der Waals surface area contributed by atoms with E-state index in [1.54, 1.807) is 0 Å². The number of nitrogens with two attached hydrogens (primary N) is 2. The minimum atomic E-state index is -1.52. The zero-order valence-corrected chi connectivity index (χ0v) is 19.3. The summed E-state index contributed by atoms with van der Waals surface area (Å²) in [6.07, 6.45) is 6.35. The van der Waals surface area contributed by atoms with Gasteiger partial charge in [-0.2, -0.15) is 0 Å². The number of hydrogen-bond donors (Lipinski definition) is 7. The molecule has 3 heterocycles. The first-order valence-electron chi connectivity index (χ1n) is 11.3. The third kappa shape index (κ3) is 6.88. The average molecular weight is 504 g/mol. The van der Waals surface area contributed by atoms with Crippen molar-refractivity contribution >= 4 is 29.6 Å². The Balaban J connectivity index is 1.73. The highest BCUT2D eigenvalue weighted by atomic mass is 16.4. The second-order valence-electron chi connectivity index (χ2n) is 8.49. The molecule has 36 heavy (non-hydrogen) atoms. The molecule has 1 aliphatic heterocycles. The number of primary amides is 1. The molecule has 4 amide bonds. The van der Waals surface area contributed by atoms with Gasteiger partial charge in [0.1, 0.15) is 18.1 Å². The molecule has 0 aromatic carbocycles. The van der Waals surface area contributed by atoms with Crippen molar-refractivity contribution in [2.45, 2.75) is 56.3 Å². The number of carboxylic acids is 1. The van der Waals surface area contributed by atoms with Crippen LogP contribution in [0.15, 0.2) is 25.0 Å². The van der Waals surface area contributed by atoms with Gasteiger partial charge in [-0.25, -0.2) is 14.8 Å². The van der Waals surface area contributed by atoms with E-state index in [-0.39, 0.29) is 25.8 Å². The van der Waals surface area contributed by atoms with Crippen LogP contribution >= 0.6 is 0 Å². The van der Waals surface area contributed by atoms with Crippen molar-refractivity contribution in [3.05, 3.63) is 36.4 Å². The summed E-state index contributed by atoms with van der Waals surface area (Å²) in [5, 5.41) is 14.2. The Kier molecular flexibility index (Phi) is 8.72. The van der Waals surface area contributed by atoms with E-state index in [1.807, 2.05) is 0 Å². The molecule has 2 aromatic heterocycles. The smallest absolute Gasteiger partial charge is 0.326 e. The molecule has 1 fully saturated rings. The van der Waals surface area contributed by atoms with Gasteiger partial charge in [0.15, 0.2) is 0 Å². The van der Waals surface area contributed by atoms with Gasteiger partial charge in [-0.05, 0) is 12.8 Å². The Morgan fingerprint density at radius 1 is 1.06 bits per heavy atom. The molecule has 1 saturated heterocycles. The molecule has 9 N–H and O–H groups in total. The van der Waals surface area contributed by atoms with Crippen LogP contribution in [0, 0.1) is 0 Å². The molecule has 4 unspecified atom stereocenters. The van der Waals surface area contributed by atoms with Gasteiger partial charge in [0.2, 0.25) is 23.6 Å². The number of likely N-dealkylation sites (tertiary alicyclic amines) is 1. The third-order valence-electron chi connectivity index (χ3n) is 5.78. The van der Waals surface area contributed by atoms with Crippen LogP contribution in [0.2, 0.25) is 0 Å². The van der Waals surface area contributed by atoms with Crippen molar-refractivity contribution in [1.29, 1.82) is 0 Å². The number of nitrogens with zero attached hydrogens (tertiary/aromatic N) is 3. The second kappa shape index (κ2) is 11.9. The van der Waals surface area contributed by atoms with Gasteiger partial charge in [0, 0.05) is 43.2 Å². The number of aromatic nitrogens is 4. The Hall–Kier alpha value is -4.27. The number of aliphatic carboxylic acids is 1. The fraction of sp³-hybridized carbons (Fsp3) is 0.476. The summed E-state index contributed by atoms with van der Waals surface area (Å²) in [7, 11) is 0. The number of amides is 4. The van der Waals surface area contributed by atoms with E-state index < -0.39 is 60.2 Å². The Morgan fingerprint density at radius 2 is 1.69 bits per heavy atom. The fourth-order valence-electron chi connectivity index (χ4n) is 3.99. The summed E-state index contributed by atoms with van der Waals surface area (Å²) in [5.41, 5.74) is 12.3. The molecule has 0 radical (unpaired) electrons. The van der Waals surface area contributed by atoms with Crippen LogP contribution in [0.5, 0.6) is 0 Å². The zero-order valence-electron chi connectivity index (χ0n) is 19.3. The lowest BCUT2D eigenvalue weighted by Crippen LogP contribution is -2.57. The van der Waals surface area contributed by atoms with Gasteiger partial charge in [0.05, 0.1) is 25.1 Å². The SMILES string of the molecule is NC(=O)CC(NC(=O)C1CCCN1C(=O)C(Cc1cnc[nH]1)NC(=O)C(N)Cc1cnc[nH]1)C(=O)O. The number of carboxylic acid groups (broad SMARTS) is 1. The highest BCUT2D eigenvalue weighted by Crippen LogP contribution is 2.20. The zero-order chi connectivity index (χ0) is 26.2. The minimum absolute atomic E-state index is 0.0611. The molecule has 15 nitrogen and oxygen atoms in total. The van der Waals surface area contributed by atoms with Gasteiger partial charge in [0.25, 0.3) is 0 Å². The molecule has 0 saturated carbocycles. The van der Waals surface area contributed by atoms with E-state index in [9.17, 15) is 29.1 Å². The van der Waals surface area contributed by atoms with E-state index in [1.165, 1.54) is 29.9 Å². The monoisotopic (exact) mass is 503 g/mol. The number of rotatable bonds is 12. The molecule has 0 spiro atoms. The first-order valence-corrected chi connectivity index (χ1v) is 11.3. The predicted molar refractivity (Wildman–Crippen MR) is 123 cm³/mol. The quantitative estimate of drug-likeness (QED) is 0.157. The molecule has 15 heteroatoms. The highest BCUT2D eigenvalue weighted by molar-refractivity contribution is 5.95. The molecule has 0 bridgehead atoms. The standard InChI is InChI=1S/C21H29N9O6/c22-13(4-11-7-24-9-26-11)18(32)28-14(5-12-8-25-10-27-12)20(34)30-3-1-2-16(30)19(33)29-15(21(35)36)6-17(23)31/h7-10,13-16H,1-6,22H2,(H2,23,31)(H,24,26)(H,25,27)(H,28,32)(H,29,33)(H,35,36). The van der Waals surface area contributed by atoms with Crippen molar-refractivity contribution in [3.63, 3.8) is 0 Å². The van der Waals surface area contributed by atoms with Gasteiger partial charge < -0.3 is 42.1 Å². The van der Waals surface area contributed by atoms with Crippen LogP contribution in [0.4, 0.5) is 0 Å². The van der Waals surface area contributed by atoms with Crippen LogP contribution in [0.3, 0.4) is 0 Å². The van der Waals surface area contributed by atoms with Crippen LogP contribution < -0.4 is 22.1 Å². The molecule has 1 aliphatic rings. The normalized spacial score (nSPS) is 17.7. The number of imidazole rings is 2. The number of carbonyl (C=O) groups is 5. The highest BCUT2D eigenvalue weighted by Gasteiger charge is 2.39. The van der Waals surface area contributed by atoms with Crippen LogP contribution in [-0.2, 0) is 36.8 Å². The van der Waals surface area contributed by atoms with Crippen molar-refractivity contribution < 1.29 is 29.1 Å². The summed E-state index contributed by atoms with van der Waals surface area (Å²) in [4.78, 5) is 76.6. The summed E-state index contributed by atoms with van der Waals surface area (Å²) >= 11 is 0. The molecule has 2 aromatic rings. The molecular formula is C21H29N9O6. The van der Waals surface area contributed by atoms with Crippen LogP contribution in [-0.4, -0.2) is 90.3 Å². The topological polar surface area (TPSA) is 242 Å². The number of carbonyl (C=O) groups excluding carboxylic acids is 4. The number of aromatic amines is 2. The van der Waals surface area contributed by atoms with Crippen molar-refractivity contribution in [3.8, 4) is 0 Å². The minimum Gasteiger partial charge on any atom is -0.480 e. The van der Waals surface area contributed by atoms with Gasteiger partial charge >= 0.3 is 5.97 Å². The van der Waals surface area contributed by atoms with Gasteiger partial charge in [-0.1, -0.05) is 0 Å². The fourth-order valence-corrected chi connectivity index (χ4v) is 3.99. The van der Waals surface area contributed by atoms with Crippen LogP contribution in [0.1, 0.15) is 30.7 Å². The Bertz CT molecular complexity index is 1070. The van der Waals surface area contributed by atoms with Gasteiger partial charge in [-0.3, -0.25) is 19.2 Å². The molecule has 4 atom stereocenters. The average Bonchev–Trinajstić information content (AvgIpc) is 3.59. The van der Waals surface area contributed by atoms with Crippen molar-refractivity contribution in [1.82, 2.24) is 35.5 Å². The lowest BCUT2D eigenvalue weighted by Gasteiger charge is -2.29. The Morgan fingerprint density at radius 3 is 2.25 bits per heavy atom. The second-order valence-corrected chi connectivity index (χ2v) is 8.49. The summed E-state index contributed by atoms with van der Waals surface area (Å²) in [6, 6.07) is -4.54. The summed E-state index contributed by atoms with van der Waals surface area (Å²) < 4.78 is 0. The molecular weight excluding hydrogens is 474 g/mol. The lowest BCUT2D eigenvalue weighted by molar-refractivity contribution is -0.145. The number of hydrogen-bond acceptors (Lipinski definition) is 8. The predicted octanol–water partition coefficient (Wildman–Crippen LogP) is -2.83. The maximum Gasteiger partial charge on any atom is 0.326 e. The van der Waals surface area contributed by atoms with Crippen molar-refractivity contribution in [2.24, 2.45) is 11.5 Å². The number of nitrogens with one attached hydrogen (secondary N) is 4. The third-order valence-corrected chi connectivity index (χ3v) is 5.78. The Labute approximate surface area is 205 Å². The first kappa shape index (κ1) is 26.3. The van der Waals surface area contributed by atoms with Crippen LogP contribution in [0.25, 0.3) is 0 Å². The largest absolute Gasteiger partial charge is 0.480 e. The summed E-state index contributed by atoms with van der Waals surface area (Å²) in [6.45, 7) is 0.222. The van der Waals surface area contributed by atoms with E-state index in [0.717, 1.165) is 0 Å². The molecule has 0 aliphatic carbocycles. The van der Waals surface area contributed by atoms with E-state index in [4.69, 9.17) is 11.5 Å². The van der Waals surface area contributed by atoms with E-state index >= 15 is 0 Å². The van der Waals surface area contributed by atoms with Gasteiger partial charge in [-0.15, -0.1) is 0 Å². The van der Waals surface area contributed by atoms with E-state index in [2.05, 4.69) is 30.6 Å². The maximum absolute atomic E-state index is 13.5. The first-order chi connectivity index (χ1) is 17.2. The number of H-pyrrole nitrogens is 2. The lowest BCUT2D eigenvalue weighted by atomic mass is 10.1. The summed E-state index contributed by atoms with van der Waals surface area (Å²) in [5.74, 6) is -4.15. The molecule has 3 rings (SSSR count). The van der Waals surface area contributed by atoms with Crippen molar-refractivity contribution in [2.75, 3.05) is 6.54 Å². The maximum atomic E-state index is 13.5.